The summed E-state index contributed by atoms with van der Waals surface area (Å²) in [5.41, 5.74) is -0.463. The Morgan fingerprint density at radius 1 is 1.43 bits per heavy atom. The summed E-state index contributed by atoms with van der Waals surface area (Å²) in [6, 6.07) is 0.169. The fraction of sp³-hybridized carbons (Fsp3) is 0.643. The molecule has 1 aliphatic carbocycles. The first-order valence-corrected chi connectivity index (χ1v) is 7.71. The van der Waals surface area contributed by atoms with Crippen LogP contribution in [0.25, 0.3) is 0 Å². The maximum absolute atomic E-state index is 11.6. The first-order chi connectivity index (χ1) is 9.82. The molecule has 0 aromatic carbocycles. The Balaban J connectivity index is 1.64. The van der Waals surface area contributed by atoms with Crippen LogP contribution in [-0.4, -0.2) is 34.3 Å². The largest absolute Gasteiger partial charge is 0.476 e. The fourth-order valence-electron chi connectivity index (χ4n) is 2.06. The summed E-state index contributed by atoms with van der Waals surface area (Å²) in [7, 11) is 0. The van der Waals surface area contributed by atoms with Gasteiger partial charge in [0.1, 0.15) is 10.2 Å². The lowest BCUT2D eigenvalue weighted by Gasteiger charge is -2.35. The number of carbonyl (C=O) groups is 1. The zero-order valence-corrected chi connectivity index (χ0v) is 14.0. The molecule has 21 heavy (non-hydrogen) atoms. The molecule has 0 radical (unpaired) electrons. The monoisotopic (exact) mass is 357 g/mol. The van der Waals surface area contributed by atoms with Gasteiger partial charge in [-0.25, -0.2) is 9.78 Å². The molecule has 116 valence electrons. The molecule has 0 unspecified atom stereocenters. The smallest absolute Gasteiger partial charge is 0.407 e. The minimum Gasteiger partial charge on any atom is -0.476 e. The van der Waals surface area contributed by atoms with Gasteiger partial charge in [0.05, 0.1) is 19.0 Å². The number of amides is 1. The van der Waals surface area contributed by atoms with Gasteiger partial charge >= 0.3 is 6.09 Å². The second-order valence-corrected chi connectivity index (χ2v) is 6.98. The van der Waals surface area contributed by atoms with Crippen molar-refractivity contribution in [2.75, 3.05) is 6.61 Å². The maximum atomic E-state index is 11.6. The Morgan fingerprint density at radius 2 is 2.14 bits per heavy atom. The van der Waals surface area contributed by atoms with Crippen LogP contribution in [0.2, 0.25) is 0 Å². The van der Waals surface area contributed by atoms with Crippen molar-refractivity contribution in [2.24, 2.45) is 5.92 Å². The molecule has 2 rings (SSSR count). The third-order valence-electron chi connectivity index (χ3n) is 3.01. The topological polar surface area (TPSA) is 73.3 Å². The molecule has 1 aromatic rings. The van der Waals surface area contributed by atoms with Gasteiger partial charge in [-0.1, -0.05) is 0 Å². The molecule has 1 fully saturated rings. The zero-order valence-electron chi connectivity index (χ0n) is 12.4. The molecule has 1 heterocycles. The Bertz CT molecular complexity index is 498. The molecular weight excluding hydrogens is 338 g/mol. The number of alkyl carbamates (subject to hydrolysis) is 1. The van der Waals surface area contributed by atoms with Crippen LogP contribution in [0.4, 0.5) is 4.79 Å². The third-order valence-corrected chi connectivity index (χ3v) is 3.39. The molecule has 6 nitrogen and oxygen atoms in total. The van der Waals surface area contributed by atoms with Crippen LogP contribution in [0, 0.1) is 5.92 Å². The van der Waals surface area contributed by atoms with Gasteiger partial charge in [-0.2, -0.15) is 0 Å². The van der Waals surface area contributed by atoms with Crippen molar-refractivity contribution in [3.05, 3.63) is 17.0 Å². The lowest BCUT2D eigenvalue weighted by atomic mass is 9.81. The van der Waals surface area contributed by atoms with Crippen LogP contribution in [0.3, 0.4) is 0 Å². The summed E-state index contributed by atoms with van der Waals surface area (Å²) in [5.74, 6) is 0.929. The molecule has 0 bridgehead atoms. The second-order valence-electron chi connectivity index (χ2n) is 6.17. The average molecular weight is 358 g/mol. The number of hydrogen-bond acceptors (Lipinski definition) is 5. The van der Waals surface area contributed by atoms with Crippen molar-refractivity contribution in [1.82, 2.24) is 15.3 Å². The Morgan fingerprint density at radius 3 is 2.76 bits per heavy atom. The van der Waals surface area contributed by atoms with Crippen molar-refractivity contribution >= 4 is 22.0 Å². The molecule has 1 amide bonds. The van der Waals surface area contributed by atoms with E-state index in [9.17, 15) is 4.79 Å². The fourth-order valence-corrected chi connectivity index (χ4v) is 2.36. The van der Waals surface area contributed by atoms with Crippen molar-refractivity contribution in [3.8, 4) is 5.88 Å². The molecule has 1 aromatic heterocycles. The number of nitrogens with zero attached hydrogens (tertiary/aromatic N) is 2. The highest BCUT2D eigenvalue weighted by atomic mass is 79.9. The van der Waals surface area contributed by atoms with Gasteiger partial charge in [0.25, 0.3) is 0 Å². The minimum atomic E-state index is -0.463. The van der Waals surface area contributed by atoms with E-state index < -0.39 is 5.60 Å². The second kappa shape index (κ2) is 6.60. The van der Waals surface area contributed by atoms with Crippen molar-refractivity contribution in [3.63, 3.8) is 0 Å². The Labute approximate surface area is 132 Å². The third kappa shape index (κ3) is 5.49. The van der Waals surface area contributed by atoms with Gasteiger partial charge in [0, 0.05) is 6.04 Å². The van der Waals surface area contributed by atoms with E-state index in [1.807, 2.05) is 20.8 Å². The highest BCUT2D eigenvalue weighted by Crippen LogP contribution is 2.28. The highest BCUT2D eigenvalue weighted by Gasteiger charge is 2.32. The number of rotatable bonds is 4. The summed E-state index contributed by atoms with van der Waals surface area (Å²) in [4.78, 5) is 19.7. The molecule has 1 saturated carbocycles. The number of halogens is 1. The van der Waals surface area contributed by atoms with E-state index in [1.165, 1.54) is 0 Å². The predicted molar refractivity (Wildman–Crippen MR) is 81.1 cm³/mol. The van der Waals surface area contributed by atoms with Crippen molar-refractivity contribution in [2.45, 2.75) is 45.3 Å². The quantitative estimate of drug-likeness (QED) is 0.896. The molecule has 0 aliphatic heterocycles. The van der Waals surface area contributed by atoms with Crippen LogP contribution in [0.5, 0.6) is 5.88 Å². The summed E-state index contributed by atoms with van der Waals surface area (Å²) in [6.07, 6.45) is 4.61. The van der Waals surface area contributed by atoms with Gasteiger partial charge in [-0.05, 0) is 55.5 Å². The first kappa shape index (κ1) is 16.0. The molecule has 0 spiro atoms. The molecule has 0 atom stereocenters. The van der Waals surface area contributed by atoms with Crippen LogP contribution in [0.1, 0.15) is 33.6 Å². The Hall–Kier alpha value is -1.37. The van der Waals surface area contributed by atoms with Crippen LogP contribution in [-0.2, 0) is 4.74 Å². The molecule has 1 aliphatic rings. The normalized spacial score (nSPS) is 21.3. The summed E-state index contributed by atoms with van der Waals surface area (Å²) in [6.45, 7) is 6.13. The standard InChI is InChI=1S/C14H20BrN3O3/c1-14(2,3)21-13(19)17-10-4-9(5-10)8-20-12-7-16-6-11(15)18-12/h6-7,9-10H,4-5,8H2,1-3H3,(H,17,19). The van der Waals surface area contributed by atoms with E-state index in [0.717, 1.165) is 12.8 Å². The van der Waals surface area contributed by atoms with E-state index in [1.54, 1.807) is 12.4 Å². The van der Waals surface area contributed by atoms with E-state index in [0.29, 0.717) is 23.0 Å². The first-order valence-electron chi connectivity index (χ1n) is 6.92. The van der Waals surface area contributed by atoms with Crippen LogP contribution < -0.4 is 10.1 Å². The van der Waals surface area contributed by atoms with E-state index in [-0.39, 0.29) is 12.1 Å². The number of ether oxygens (including phenoxy) is 2. The van der Waals surface area contributed by atoms with Gasteiger partial charge in [-0.3, -0.25) is 4.98 Å². The summed E-state index contributed by atoms with van der Waals surface area (Å²) in [5, 5.41) is 2.86. The molecule has 7 heteroatoms. The SMILES string of the molecule is CC(C)(C)OC(=O)NC1CC(COc2cncc(Br)n2)C1. The lowest BCUT2D eigenvalue weighted by molar-refractivity contribution is 0.0426. The Kier molecular flexibility index (Phi) is 5.03. The van der Waals surface area contributed by atoms with E-state index in [2.05, 4.69) is 31.2 Å². The van der Waals surface area contributed by atoms with Gasteiger partial charge in [0.2, 0.25) is 5.88 Å². The van der Waals surface area contributed by atoms with E-state index >= 15 is 0 Å². The maximum Gasteiger partial charge on any atom is 0.407 e. The van der Waals surface area contributed by atoms with Crippen molar-refractivity contribution < 1.29 is 14.3 Å². The minimum absolute atomic E-state index is 0.169. The molecule has 1 N–H and O–H groups in total. The van der Waals surface area contributed by atoms with Gasteiger partial charge < -0.3 is 14.8 Å². The van der Waals surface area contributed by atoms with Gasteiger partial charge in [0.15, 0.2) is 0 Å². The number of hydrogen-bond donors (Lipinski definition) is 1. The van der Waals surface area contributed by atoms with E-state index in [4.69, 9.17) is 9.47 Å². The van der Waals surface area contributed by atoms with Gasteiger partial charge in [-0.15, -0.1) is 0 Å². The molecular formula is C14H20BrN3O3. The number of aromatic nitrogens is 2. The predicted octanol–water partition coefficient (Wildman–Crippen LogP) is 2.92. The number of nitrogens with one attached hydrogen (secondary N) is 1. The van der Waals surface area contributed by atoms with Crippen LogP contribution in [0.15, 0.2) is 17.0 Å². The molecule has 0 saturated heterocycles. The average Bonchev–Trinajstić information content (AvgIpc) is 2.29. The highest BCUT2D eigenvalue weighted by molar-refractivity contribution is 9.10. The van der Waals surface area contributed by atoms with Crippen LogP contribution >= 0.6 is 15.9 Å². The summed E-state index contributed by atoms with van der Waals surface area (Å²) < 4.78 is 11.4. The summed E-state index contributed by atoms with van der Waals surface area (Å²) >= 11 is 3.25. The lowest BCUT2D eigenvalue weighted by Crippen LogP contribution is -2.47. The van der Waals surface area contributed by atoms with Crippen molar-refractivity contribution in [1.29, 1.82) is 0 Å². The zero-order chi connectivity index (χ0) is 15.5. The number of carbonyl (C=O) groups excluding carboxylic acids is 1.